The molecule has 0 amide bonds. The summed E-state index contributed by atoms with van der Waals surface area (Å²) < 4.78 is 13.2. The molecule has 1 unspecified atom stereocenters. The summed E-state index contributed by atoms with van der Waals surface area (Å²) in [6, 6.07) is 5.31. The van der Waals surface area contributed by atoms with E-state index in [2.05, 4.69) is 11.9 Å². The number of aryl methyl sites for hydroxylation is 1. The predicted octanol–water partition coefficient (Wildman–Crippen LogP) is 3.36. The summed E-state index contributed by atoms with van der Waals surface area (Å²) in [6.45, 7) is 8.54. The third kappa shape index (κ3) is 3.48. The SMILES string of the molecule is C=CCC(NCC)c1cc(C)cc(F)c1. The van der Waals surface area contributed by atoms with Gasteiger partial charge >= 0.3 is 0 Å². The van der Waals surface area contributed by atoms with Crippen molar-refractivity contribution in [2.45, 2.75) is 26.3 Å². The van der Waals surface area contributed by atoms with Crippen LogP contribution in [0.1, 0.15) is 30.5 Å². The van der Waals surface area contributed by atoms with Crippen LogP contribution in [0.3, 0.4) is 0 Å². The van der Waals surface area contributed by atoms with E-state index in [-0.39, 0.29) is 11.9 Å². The Labute approximate surface area is 91.0 Å². The summed E-state index contributed by atoms with van der Waals surface area (Å²) in [7, 11) is 0. The van der Waals surface area contributed by atoms with E-state index in [4.69, 9.17) is 0 Å². The third-order valence-corrected chi connectivity index (χ3v) is 2.32. The zero-order valence-corrected chi connectivity index (χ0v) is 9.39. The highest BCUT2D eigenvalue weighted by Crippen LogP contribution is 2.19. The molecular weight excluding hydrogens is 189 g/mol. The summed E-state index contributed by atoms with van der Waals surface area (Å²) in [5.41, 5.74) is 1.95. The predicted molar refractivity (Wildman–Crippen MR) is 62.4 cm³/mol. The number of nitrogens with one attached hydrogen (secondary N) is 1. The molecule has 1 nitrogen and oxygen atoms in total. The standard InChI is InChI=1S/C13H18FN/c1-4-6-13(15-5-2)11-7-10(3)8-12(14)9-11/h4,7-9,13,15H,1,5-6H2,2-3H3. The normalized spacial score (nSPS) is 12.5. The Kier molecular flexibility index (Phi) is 4.50. The van der Waals surface area contributed by atoms with Crippen LogP contribution in [0.15, 0.2) is 30.9 Å². The summed E-state index contributed by atoms with van der Waals surface area (Å²) in [5, 5.41) is 3.32. The zero-order chi connectivity index (χ0) is 11.3. The van der Waals surface area contributed by atoms with E-state index in [1.807, 2.05) is 26.0 Å². The van der Waals surface area contributed by atoms with Gasteiger partial charge in [0.15, 0.2) is 0 Å². The molecule has 0 radical (unpaired) electrons. The highest BCUT2D eigenvalue weighted by atomic mass is 19.1. The van der Waals surface area contributed by atoms with Gasteiger partial charge in [0.1, 0.15) is 5.82 Å². The molecule has 1 rings (SSSR count). The Morgan fingerprint density at radius 3 is 2.73 bits per heavy atom. The van der Waals surface area contributed by atoms with Gasteiger partial charge in [-0.25, -0.2) is 4.39 Å². The lowest BCUT2D eigenvalue weighted by atomic mass is 10.0. The maximum absolute atomic E-state index is 13.2. The van der Waals surface area contributed by atoms with E-state index in [9.17, 15) is 4.39 Å². The fourth-order valence-electron chi connectivity index (χ4n) is 1.72. The van der Waals surface area contributed by atoms with Crippen LogP contribution in [0.2, 0.25) is 0 Å². The molecular formula is C13H18FN. The van der Waals surface area contributed by atoms with Gasteiger partial charge in [-0.1, -0.05) is 19.1 Å². The summed E-state index contributed by atoms with van der Waals surface area (Å²) in [5.74, 6) is -0.169. The molecule has 0 spiro atoms. The smallest absolute Gasteiger partial charge is 0.123 e. The number of hydrogen-bond acceptors (Lipinski definition) is 1. The largest absolute Gasteiger partial charge is 0.310 e. The molecule has 1 aromatic rings. The average Bonchev–Trinajstić information content (AvgIpc) is 2.16. The molecule has 1 atom stereocenters. The Hall–Kier alpha value is -1.15. The van der Waals surface area contributed by atoms with E-state index in [1.165, 1.54) is 0 Å². The Morgan fingerprint density at radius 1 is 1.47 bits per heavy atom. The fourth-order valence-corrected chi connectivity index (χ4v) is 1.72. The molecule has 0 heterocycles. The Balaban J connectivity index is 2.93. The second-order valence-corrected chi connectivity index (χ2v) is 3.70. The lowest BCUT2D eigenvalue weighted by Crippen LogP contribution is -2.20. The minimum absolute atomic E-state index is 0.168. The highest BCUT2D eigenvalue weighted by Gasteiger charge is 2.09. The summed E-state index contributed by atoms with van der Waals surface area (Å²) in [6.07, 6.45) is 2.67. The van der Waals surface area contributed by atoms with Crippen LogP contribution in [-0.2, 0) is 0 Å². The molecule has 0 aliphatic rings. The van der Waals surface area contributed by atoms with Crippen molar-refractivity contribution in [3.05, 3.63) is 47.8 Å². The van der Waals surface area contributed by atoms with Crippen molar-refractivity contribution in [2.24, 2.45) is 0 Å². The van der Waals surface area contributed by atoms with Gasteiger partial charge in [0.2, 0.25) is 0 Å². The first-order valence-electron chi connectivity index (χ1n) is 5.28. The number of rotatable bonds is 5. The molecule has 82 valence electrons. The van der Waals surface area contributed by atoms with E-state index >= 15 is 0 Å². The van der Waals surface area contributed by atoms with Crippen LogP contribution in [-0.4, -0.2) is 6.54 Å². The van der Waals surface area contributed by atoms with Gasteiger partial charge in [-0.2, -0.15) is 0 Å². The zero-order valence-electron chi connectivity index (χ0n) is 9.39. The van der Waals surface area contributed by atoms with Crippen LogP contribution in [0, 0.1) is 12.7 Å². The fraction of sp³-hybridized carbons (Fsp3) is 0.385. The molecule has 2 heteroatoms. The maximum atomic E-state index is 13.2. The first-order chi connectivity index (χ1) is 7.17. The van der Waals surface area contributed by atoms with Gasteiger partial charge in [-0.05, 0) is 43.1 Å². The highest BCUT2D eigenvalue weighted by molar-refractivity contribution is 5.26. The molecule has 0 bridgehead atoms. The van der Waals surface area contributed by atoms with Gasteiger partial charge in [0.25, 0.3) is 0 Å². The van der Waals surface area contributed by atoms with Crippen LogP contribution in [0.4, 0.5) is 4.39 Å². The second-order valence-electron chi connectivity index (χ2n) is 3.70. The molecule has 0 aromatic heterocycles. The van der Waals surface area contributed by atoms with Gasteiger partial charge in [-0.15, -0.1) is 6.58 Å². The Bertz CT molecular complexity index is 313. The summed E-state index contributed by atoms with van der Waals surface area (Å²) in [4.78, 5) is 0. The van der Waals surface area contributed by atoms with E-state index in [0.29, 0.717) is 0 Å². The molecule has 0 saturated carbocycles. The van der Waals surface area contributed by atoms with Crippen molar-refractivity contribution in [2.75, 3.05) is 6.54 Å². The molecule has 0 aliphatic carbocycles. The van der Waals surface area contributed by atoms with E-state index in [0.717, 1.165) is 24.1 Å². The molecule has 0 fully saturated rings. The van der Waals surface area contributed by atoms with Crippen LogP contribution in [0.5, 0.6) is 0 Å². The number of halogens is 1. The minimum atomic E-state index is -0.169. The second kappa shape index (κ2) is 5.66. The van der Waals surface area contributed by atoms with Crippen LogP contribution >= 0.6 is 0 Å². The van der Waals surface area contributed by atoms with Gasteiger partial charge in [0, 0.05) is 6.04 Å². The lowest BCUT2D eigenvalue weighted by Gasteiger charge is -2.17. The maximum Gasteiger partial charge on any atom is 0.123 e. The van der Waals surface area contributed by atoms with Gasteiger partial charge in [0.05, 0.1) is 0 Å². The van der Waals surface area contributed by atoms with Crippen molar-refractivity contribution in [1.82, 2.24) is 5.32 Å². The van der Waals surface area contributed by atoms with E-state index < -0.39 is 0 Å². The van der Waals surface area contributed by atoms with Crippen molar-refractivity contribution < 1.29 is 4.39 Å². The van der Waals surface area contributed by atoms with Crippen LogP contribution < -0.4 is 5.32 Å². The van der Waals surface area contributed by atoms with Crippen molar-refractivity contribution in [3.8, 4) is 0 Å². The van der Waals surface area contributed by atoms with Crippen LogP contribution in [0.25, 0.3) is 0 Å². The van der Waals surface area contributed by atoms with E-state index in [1.54, 1.807) is 12.1 Å². The third-order valence-electron chi connectivity index (χ3n) is 2.32. The average molecular weight is 207 g/mol. The number of hydrogen-bond donors (Lipinski definition) is 1. The molecule has 0 aliphatic heterocycles. The molecule has 15 heavy (non-hydrogen) atoms. The van der Waals surface area contributed by atoms with Gasteiger partial charge in [-0.3, -0.25) is 0 Å². The molecule has 1 N–H and O–H groups in total. The monoisotopic (exact) mass is 207 g/mol. The first-order valence-corrected chi connectivity index (χ1v) is 5.28. The molecule has 1 aromatic carbocycles. The van der Waals surface area contributed by atoms with Gasteiger partial charge < -0.3 is 5.32 Å². The Morgan fingerprint density at radius 2 is 2.20 bits per heavy atom. The van der Waals surface area contributed by atoms with Crippen molar-refractivity contribution >= 4 is 0 Å². The topological polar surface area (TPSA) is 12.0 Å². The minimum Gasteiger partial charge on any atom is -0.310 e. The summed E-state index contributed by atoms with van der Waals surface area (Å²) >= 11 is 0. The quantitative estimate of drug-likeness (QED) is 0.730. The van der Waals surface area contributed by atoms with Crippen molar-refractivity contribution in [3.63, 3.8) is 0 Å². The van der Waals surface area contributed by atoms with Crippen molar-refractivity contribution in [1.29, 1.82) is 0 Å². The lowest BCUT2D eigenvalue weighted by molar-refractivity contribution is 0.550. The number of benzene rings is 1. The molecule has 0 saturated heterocycles. The first kappa shape index (κ1) is 11.9.